The first-order valence-corrected chi connectivity index (χ1v) is 10.8. The molecule has 0 aromatic heterocycles. The maximum Gasteiger partial charge on any atom is 0.255 e. The zero-order valence-electron chi connectivity index (χ0n) is 22.2. The molecule has 2 saturated heterocycles. The van der Waals surface area contributed by atoms with Gasteiger partial charge in [-0.2, -0.15) is 0 Å². The van der Waals surface area contributed by atoms with E-state index in [0.29, 0.717) is 31.0 Å². The number of morpholine rings is 1. The predicted molar refractivity (Wildman–Crippen MR) is 119 cm³/mol. The fraction of sp³-hybridized carbons (Fsp3) is 0.360. The van der Waals surface area contributed by atoms with E-state index in [4.69, 9.17) is 15.0 Å². The third-order valence-corrected chi connectivity index (χ3v) is 5.90. The maximum absolute atomic E-state index is 13.2. The van der Waals surface area contributed by atoms with Crippen LogP contribution in [0.3, 0.4) is 0 Å². The van der Waals surface area contributed by atoms with E-state index in [1.165, 1.54) is 6.07 Å². The van der Waals surface area contributed by atoms with Crippen LogP contribution >= 0.6 is 0 Å². The fourth-order valence-electron chi connectivity index (χ4n) is 4.10. The van der Waals surface area contributed by atoms with Crippen molar-refractivity contribution in [2.75, 3.05) is 19.8 Å². The van der Waals surface area contributed by atoms with E-state index in [1.807, 2.05) is 24.3 Å². The van der Waals surface area contributed by atoms with Crippen molar-refractivity contribution in [2.24, 2.45) is 0 Å². The quantitative estimate of drug-likeness (QED) is 0.644. The van der Waals surface area contributed by atoms with Crippen molar-refractivity contribution >= 4 is 23.6 Å². The Bertz CT molecular complexity index is 1310. The Balaban J connectivity index is 1.30. The van der Waals surface area contributed by atoms with Gasteiger partial charge in [-0.1, -0.05) is 30.3 Å². The summed E-state index contributed by atoms with van der Waals surface area (Å²) in [6.45, 7) is 1.56. The molecule has 2 aromatic carbocycles. The van der Waals surface area contributed by atoms with Crippen LogP contribution in [0.5, 0.6) is 5.75 Å². The zero-order valence-corrected chi connectivity index (χ0v) is 18.2. The maximum atomic E-state index is 13.2. The molecule has 1 N–H and O–H groups in total. The van der Waals surface area contributed by atoms with Gasteiger partial charge in [0.2, 0.25) is 17.7 Å². The molecule has 0 bridgehead atoms. The first kappa shape index (κ1) is 17.7. The van der Waals surface area contributed by atoms with E-state index in [1.54, 1.807) is 17.0 Å². The summed E-state index contributed by atoms with van der Waals surface area (Å²) in [5, 5.41) is -0.0952. The number of ether oxygens (including phenoxy) is 2. The number of hydrogen-bond donors (Lipinski definition) is 1. The smallest absolute Gasteiger partial charge is 0.255 e. The molecule has 3 atom stereocenters. The van der Waals surface area contributed by atoms with E-state index in [2.05, 4.69) is 0 Å². The second kappa shape index (κ2) is 9.26. The van der Waals surface area contributed by atoms with Crippen molar-refractivity contribution in [2.45, 2.75) is 38.5 Å². The molecule has 0 saturated carbocycles. The standard InChI is InChI=1S/C25H25N3O6/c29-22-9-8-20(24(31)26-22)28-13-19-18(25(28)32)2-1-3-21(19)34-14-17-6-4-16(5-7-17)12-27-10-11-33-15-23(27)30/h1-7,20H,8-15H2,(H,26,29,31)/i8D,9D,20D/hD. The van der Waals surface area contributed by atoms with E-state index < -0.39 is 36.5 Å². The van der Waals surface area contributed by atoms with E-state index in [-0.39, 0.29) is 36.5 Å². The number of amides is 4. The van der Waals surface area contributed by atoms with Gasteiger partial charge in [0, 0.05) is 33.4 Å². The van der Waals surface area contributed by atoms with Crippen LogP contribution in [0.2, 0.25) is 1.41 Å². The minimum atomic E-state index is -2.60. The lowest BCUT2D eigenvalue weighted by Gasteiger charge is -2.29. The third-order valence-electron chi connectivity index (χ3n) is 5.90. The third kappa shape index (κ3) is 4.38. The van der Waals surface area contributed by atoms with Gasteiger partial charge in [-0.15, -0.1) is 0 Å². The minimum absolute atomic E-state index is 0.0495. The van der Waals surface area contributed by atoms with Gasteiger partial charge in [-0.25, -0.2) is 0 Å². The average molecular weight is 468 g/mol. The summed E-state index contributed by atoms with van der Waals surface area (Å²) in [6.07, 6.45) is -3.72. The Morgan fingerprint density at radius 1 is 1.15 bits per heavy atom. The van der Waals surface area contributed by atoms with Gasteiger partial charge < -0.3 is 19.3 Å². The molecule has 9 nitrogen and oxygen atoms in total. The molecule has 0 radical (unpaired) electrons. The molecular weight excluding hydrogens is 438 g/mol. The Morgan fingerprint density at radius 3 is 2.74 bits per heavy atom. The number of piperidine rings is 1. The number of nitrogens with zero attached hydrogens (tertiary/aromatic N) is 2. The molecule has 176 valence electrons. The van der Waals surface area contributed by atoms with Gasteiger partial charge in [0.15, 0.2) is 1.41 Å². The predicted octanol–water partition coefficient (Wildman–Crippen LogP) is 1.39. The van der Waals surface area contributed by atoms with Gasteiger partial charge in [-0.05, 0) is 29.7 Å². The molecule has 3 aliphatic heterocycles. The van der Waals surface area contributed by atoms with Crippen LogP contribution in [-0.4, -0.2) is 59.2 Å². The van der Waals surface area contributed by atoms with Gasteiger partial charge in [0.25, 0.3) is 5.91 Å². The highest BCUT2D eigenvalue weighted by molar-refractivity contribution is 6.05. The summed E-state index contributed by atoms with van der Waals surface area (Å²) in [7, 11) is 0. The van der Waals surface area contributed by atoms with E-state index in [9.17, 15) is 19.2 Å². The summed E-state index contributed by atoms with van der Waals surface area (Å²) in [6, 6.07) is 9.72. The molecule has 2 fully saturated rings. The van der Waals surface area contributed by atoms with E-state index >= 15 is 0 Å². The van der Waals surface area contributed by atoms with Crippen molar-refractivity contribution in [1.29, 1.82) is 0 Å². The number of nitrogens with one attached hydrogen (secondary N) is 1. The summed E-state index contributed by atoms with van der Waals surface area (Å²) in [4.78, 5) is 52.4. The highest BCUT2D eigenvalue weighted by Gasteiger charge is 2.40. The van der Waals surface area contributed by atoms with Crippen molar-refractivity contribution < 1.29 is 34.2 Å². The minimum Gasteiger partial charge on any atom is -0.489 e. The second-order valence-electron chi connectivity index (χ2n) is 8.12. The Labute approximate surface area is 202 Å². The van der Waals surface area contributed by atoms with Gasteiger partial charge in [0.05, 0.1) is 14.5 Å². The molecule has 0 spiro atoms. The molecule has 3 heterocycles. The summed E-state index contributed by atoms with van der Waals surface area (Å²) in [5.74, 6) is -2.94. The average Bonchev–Trinajstić information content (AvgIpc) is 3.28. The number of carbonyl (C=O) groups excluding carboxylic acids is 4. The molecule has 5 rings (SSSR count). The number of benzene rings is 2. The van der Waals surface area contributed by atoms with Crippen LogP contribution < -0.4 is 10.0 Å². The molecule has 4 amide bonds. The van der Waals surface area contributed by atoms with Crippen LogP contribution in [-0.2, 0) is 38.8 Å². The van der Waals surface area contributed by atoms with Crippen molar-refractivity contribution in [3.63, 3.8) is 0 Å². The van der Waals surface area contributed by atoms with Crippen LogP contribution in [0.25, 0.3) is 0 Å². The van der Waals surface area contributed by atoms with Gasteiger partial charge >= 0.3 is 0 Å². The SMILES string of the molecule is [2H]C1C(=O)N([2H])C(=O)C([2H])(N2Cc3c(OCc4ccc(CN5CCOCC5=O)cc4)cccc3C2=O)C1[2H]. The van der Waals surface area contributed by atoms with Crippen LogP contribution in [0.1, 0.15) is 44.0 Å². The number of hydrogen-bond acceptors (Lipinski definition) is 6. The van der Waals surface area contributed by atoms with Crippen LogP contribution in [0.15, 0.2) is 42.5 Å². The number of rotatable bonds is 6. The van der Waals surface area contributed by atoms with Crippen molar-refractivity contribution in [3.05, 3.63) is 64.7 Å². The lowest BCUT2D eigenvalue weighted by molar-refractivity contribution is -0.143. The Kier molecular flexibility index (Phi) is 4.83. The highest BCUT2D eigenvalue weighted by Crippen LogP contribution is 2.34. The summed E-state index contributed by atoms with van der Waals surface area (Å²) in [5.41, 5.74) is 2.41. The molecule has 3 aliphatic rings. The first-order chi connectivity index (χ1) is 18.1. The monoisotopic (exact) mass is 467 g/mol. The molecule has 0 aliphatic carbocycles. The molecule has 2 aromatic rings. The lowest BCUT2D eigenvalue weighted by Crippen LogP contribution is -2.52. The number of fused-ring (bicyclic) bond motifs is 1. The van der Waals surface area contributed by atoms with Crippen LogP contribution in [0, 0.1) is 0 Å². The zero-order chi connectivity index (χ0) is 27.2. The number of carbonyl (C=O) groups is 4. The van der Waals surface area contributed by atoms with Gasteiger partial charge in [0.1, 0.15) is 25.0 Å². The molecular formula is C25H25N3O6. The fourth-order valence-corrected chi connectivity index (χ4v) is 4.10. The van der Waals surface area contributed by atoms with Gasteiger partial charge in [-0.3, -0.25) is 24.5 Å². The van der Waals surface area contributed by atoms with E-state index in [0.717, 1.165) is 16.0 Å². The molecule has 34 heavy (non-hydrogen) atoms. The number of imide groups is 1. The van der Waals surface area contributed by atoms with Crippen molar-refractivity contribution in [3.8, 4) is 5.75 Å². The lowest BCUT2D eigenvalue weighted by atomic mass is 10.0. The second-order valence-corrected chi connectivity index (χ2v) is 8.12. The summed E-state index contributed by atoms with van der Waals surface area (Å²) >= 11 is 0. The first-order valence-electron chi connectivity index (χ1n) is 12.9. The topological polar surface area (TPSA) is 105 Å². The molecule has 9 heteroatoms. The largest absolute Gasteiger partial charge is 0.489 e. The highest BCUT2D eigenvalue weighted by atomic mass is 16.5. The van der Waals surface area contributed by atoms with Crippen molar-refractivity contribution in [1.82, 2.24) is 15.1 Å². The Morgan fingerprint density at radius 2 is 1.94 bits per heavy atom. The summed E-state index contributed by atoms with van der Waals surface area (Å²) < 4.78 is 43.6. The Hall–Kier alpha value is -3.72. The van der Waals surface area contributed by atoms with Crippen LogP contribution in [0.4, 0.5) is 0 Å². The molecule has 3 unspecified atom stereocenters. The normalized spacial score (nSPS) is 28.9.